The van der Waals surface area contributed by atoms with Crippen molar-refractivity contribution in [1.29, 1.82) is 0 Å². The van der Waals surface area contributed by atoms with E-state index in [0.29, 0.717) is 12.3 Å². The quantitative estimate of drug-likeness (QED) is 0.498. The molecule has 0 aliphatic heterocycles. The number of allylic oxidation sites excluding steroid dienone is 1. The van der Waals surface area contributed by atoms with Crippen molar-refractivity contribution in [2.24, 2.45) is 5.92 Å². The molecule has 0 aromatic carbocycles. The Morgan fingerprint density at radius 2 is 2.13 bits per heavy atom. The van der Waals surface area contributed by atoms with Gasteiger partial charge < -0.3 is 9.84 Å². The first-order valence-electron chi connectivity index (χ1n) is 5.55. The van der Waals surface area contributed by atoms with Crippen LogP contribution >= 0.6 is 0 Å². The maximum atomic E-state index is 10.3. The third kappa shape index (κ3) is 9.32. The Hall–Kier alpha value is -0.990. The number of ether oxygens (including phenoxy) is 1. The number of carboxylic acids is 1. The van der Waals surface area contributed by atoms with Gasteiger partial charge >= 0.3 is 5.97 Å². The Balaban J connectivity index is 3.53. The monoisotopic (exact) mass is 214 g/mol. The van der Waals surface area contributed by atoms with Crippen molar-refractivity contribution in [3.63, 3.8) is 0 Å². The zero-order valence-electron chi connectivity index (χ0n) is 9.95. The third-order valence-electron chi connectivity index (χ3n) is 2.44. The van der Waals surface area contributed by atoms with Crippen LogP contribution in [0.3, 0.4) is 0 Å². The van der Waals surface area contributed by atoms with Crippen LogP contribution in [0.15, 0.2) is 11.8 Å². The molecule has 0 aliphatic carbocycles. The van der Waals surface area contributed by atoms with Gasteiger partial charge in [-0.25, -0.2) is 0 Å². The van der Waals surface area contributed by atoms with E-state index in [1.54, 1.807) is 6.26 Å². The van der Waals surface area contributed by atoms with E-state index in [1.807, 2.05) is 6.92 Å². The summed E-state index contributed by atoms with van der Waals surface area (Å²) in [5.74, 6) is -0.0694. The van der Waals surface area contributed by atoms with Crippen molar-refractivity contribution in [2.75, 3.05) is 6.61 Å². The molecule has 0 aromatic heterocycles. The number of aliphatic carboxylic acids is 1. The molecule has 0 saturated carbocycles. The highest BCUT2D eigenvalue weighted by Gasteiger charge is 1.99. The highest BCUT2D eigenvalue weighted by molar-refractivity contribution is 5.66. The van der Waals surface area contributed by atoms with Gasteiger partial charge in [-0.15, -0.1) is 0 Å². The van der Waals surface area contributed by atoms with Crippen LogP contribution in [0.4, 0.5) is 0 Å². The molecule has 0 aromatic rings. The first kappa shape index (κ1) is 14.0. The first-order chi connectivity index (χ1) is 7.06. The summed E-state index contributed by atoms with van der Waals surface area (Å²) in [6, 6.07) is 0. The Morgan fingerprint density at radius 1 is 1.47 bits per heavy atom. The van der Waals surface area contributed by atoms with E-state index >= 15 is 0 Å². The van der Waals surface area contributed by atoms with Gasteiger partial charge in [0.15, 0.2) is 0 Å². The molecule has 0 aliphatic rings. The van der Waals surface area contributed by atoms with Gasteiger partial charge in [0, 0.05) is 6.42 Å². The van der Waals surface area contributed by atoms with Crippen LogP contribution in [0.25, 0.3) is 0 Å². The highest BCUT2D eigenvalue weighted by Crippen LogP contribution is 2.08. The van der Waals surface area contributed by atoms with E-state index < -0.39 is 5.97 Å². The second kappa shape index (κ2) is 8.33. The van der Waals surface area contributed by atoms with E-state index in [2.05, 4.69) is 13.8 Å². The van der Waals surface area contributed by atoms with Crippen molar-refractivity contribution in [3.05, 3.63) is 11.8 Å². The van der Waals surface area contributed by atoms with Crippen LogP contribution in [0, 0.1) is 5.92 Å². The summed E-state index contributed by atoms with van der Waals surface area (Å²) in [5, 5.41) is 8.47. The van der Waals surface area contributed by atoms with E-state index in [4.69, 9.17) is 9.84 Å². The lowest BCUT2D eigenvalue weighted by atomic mass is 10.1. The molecule has 0 saturated heterocycles. The highest BCUT2D eigenvalue weighted by atomic mass is 16.5. The molecular formula is C12H22O3. The van der Waals surface area contributed by atoms with Crippen LogP contribution in [-0.4, -0.2) is 17.7 Å². The van der Waals surface area contributed by atoms with Gasteiger partial charge in [0.05, 0.1) is 12.9 Å². The van der Waals surface area contributed by atoms with E-state index in [-0.39, 0.29) is 6.42 Å². The van der Waals surface area contributed by atoms with Crippen LogP contribution in [0.2, 0.25) is 0 Å². The summed E-state index contributed by atoms with van der Waals surface area (Å²) >= 11 is 0. The molecule has 0 fully saturated rings. The number of rotatable bonds is 8. The normalized spacial score (nSPS) is 13.7. The Bertz CT molecular complexity index is 209. The number of carbonyl (C=O) groups is 1. The maximum absolute atomic E-state index is 10.3. The van der Waals surface area contributed by atoms with Gasteiger partial charge in [-0.3, -0.25) is 4.79 Å². The molecule has 15 heavy (non-hydrogen) atoms. The van der Waals surface area contributed by atoms with Gasteiger partial charge in [-0.05, 0) is 31.3 Å². The second-order valence-electron chi connectivity index (χ2n) is 4.03. The van der Waals surface area contributed by atoms with Crippen molar-refractivity contribution in [3.8, 4) is 0 Å². The summed E-state index contributed by atoms with van der Waals surface area (Å²) in [5.41, 5.74) is 0.988. The Labute approximate surface area is 92.1 Å². The molecule has 0 spiro atoms. The van der Waals surface area contributed by atoms with Crippen molar-refractivity contribution in [2.45, 2.75) is 46.5 Å². The molecule has 3 heteroatoms. The second-order valence-corrected chi connectivity index (χ2v) is 4.03. The Kier molecular flexibility index (Phi) is 7.78. The van der Waals surface area contributed by atoms with Crippen LogP contribution in [-0.2, 0) is 9.53 Å². The summed E-state index contributed by atoms with van der Waals surface area (Å²) in [6.45, 7) is 6.98. The minimum absolute atomic E-state index is 0.178. The third-order valence-corrected chi connectivity index (χ3v) is 2.44. The average Bonchev–Trinajstić information content (AvgIpc) is 2.21. The Morgan fingerprint density at radius 3 is 2.67 bits per heavy atom. The molecule has 0 rings (SSSR count). The maximum Gasteiger partial charge on any atom is 0.303 e. The lowest BCUT2D eigenvalue weighted by molar-refractivity contribution is -0.136. The SMILES string of the molecule is CCC(C)CCOC=C(C)CCC(=O)O. The summed E-state index contributed by atoms with van der Waals surface area (Å²) in [6.07, 6.45) is 4.66. The molecule has 0 bridgehead atoms. The van der Waals surface area contributed by atoms with Crippen molar-refractivity contribution >= 4 is 5.97 Å². The van der Waals surface area contributed by atoms with Gasteiger partial charge in [0.25, 0.3) is 0 Å². The standard InChI is InChI=1S/C12H22O3/c1-4-10(2)7-8-15-9-11(3)5-6-12(13)14/h9-10H,4-8H2,1-3H3,(H,13,14). The van der Waals surface area contributed by atoms with Gasteiger partial charge in [-0.2, -0.15) is 0 Å². The number of carboxylic acid groups (broad SMARTS) is 1. The fourth-order valence-electron chi connectivity index (χ4n) is 1.04. The number of hydrogen-bond acceptors (Lipinski definition) is 2. The molecule has 1 atom stereocenters. The van der Waals surface area contributed by atoms with Gasteiger partial charge in [-0.1, -0.05) is 20.3 Å². The lowest BCUT2D eigenvalue weighted by Gasteiger charge is -2.07. The molecule has 3 nitrogen and oxygen atoms in total. The number of hydrogen-bond donors (Lipinski definition) is 1. The van der Waals surface area contributed by atoms with Crippen molar-refractivity contribution < 1.29 is 14.6 Å². The first-order valence-corrected chi connectivity index (χ1v) is 5.55. The molecule has 88 valence electrons. The van der Waals surface area contributed by atoms with Crippen molar-refractivity contribution in [1.82, 2.24) is 0 Å². The summed E-state index contributed by atoms with van der Waals surface area (Å²) in [4.78, 5) is 10.3. The molecule has 0 radical (unpaired) electrons. The van der Waals surface area contributed by atoms with Crippen LogP contribution in [0.5, 0.6) is 0 Å². The molecule has 1 unspecified atom stereocenters. The smallest absolute Gasteiger partial charge is 0.303 e. The van der Waals surface area contributed by atoms with Crippen LogP contribution in [0.1, 0.15) is 46.5 Å². The molecule has 0 amide bonds. The predicted octanol–water partition coefficient (Wildman–Crippen LogP) is 3.21. The topological polar surface area (TPSA) is 46.5 Å². The molecular weight excluding hydrogens is 192 g/mol. The van der Waals surface area contributed by atoms with E-state index in [1.165, 1.54) is 6.42 Å². The fourth-order valence-corrected chi connectivity index (χ4v) is 1.04. The summed E-state index contributed by atoms with van der Waals surface area (Å²) in [7, 11) is 0. The minimum Gasteiger partial charge on any atom is -0.501 e. The van der Waals surface area contributed by atoms with Gasteiger partial charge in [0.1, 0.15) is 0 Å². The van der Waals surface area contributed by atoms with E-state index in [0.717, 1.165) is 18.6 Å². The zero-order valence-corrected chi connectivity index (χ0v) is 9.95. The zero-order chi connectivity index (χ0) is 11.7. The predicted molar refractivity (Wildman–Crippen MR) is 60.7 cm³/mol. The summed E-state index contributed by atoms with van der Waals surface area (Å²) < 4.78 is 5.35. The molecule has 0 heterocycles. The largest absolute Gasteiger partial charge is 0.501 e. The lowest BCUT2D eigenvalue weighted by Crippen LogP contribution is -1.98. The molecule has 1 N–H and O–H groups in total. The fraction of sp³-hybridized carbons (Fsp3) is 0.750. The van der Waals surface area contributed by atoms with Gasteiger partial charge in [0.2, 0.25) is 0 Å². The van der Waals surface area contributed by atoms with Crippen LogP contribution < -0.4 is 0 Å². The minimum atomic E-state index is -0.762. The van der Waals surface area contributed by atoms with E-state index in [9.17, 15) is 4.79 Å². The average molecular weight is 214 g/mol.